The predicted octanol–water partition coefficient (Wildman–Crippen LogP) is 2.59. The maximum atomic E-state index is 4.17. The average molecular weight is 200 g/mol. The van der Waals surface area contributed by atoms with Gasteiger partial charge in [-0.3, -0.25) is 4.98 Å². The van der Waals surface area contributed by atoms with Crippen LogP contribution in [-0.2, 0) is 5.33 Å². The van der Waals surface area contributed by atoms with Crippen molar-refractivity contribution in [2.24, 2.45) is 0 Å². The smallest absolute Gasteiger partial charge is 0.0404 e. The van der Waals surface area contributed by atoms with Gasteiger partial charge in [-0.1, -0.05) is 15.9 Å². The molecule has 0 aliphatic carbocycles. The number of rotatable bonds is 1. The van der Waals surface area contributed by atoms with Crippen molar-refractivity contribution in [1.82, 2.24) is 4.98 Å². The third-order valence-electron chi connectivity index (χ3n) is 1.71. The quantitative estimate of drug-likeness (QED) is 0.635. The number of hydrogen-bond acceptors (Lipinski definition) is 1. The summed E-state index contributed by atoms with van der Waals surface area (Å²) in [5.41, 5.74) is 3.74. The summed E-state index contributed by atoms with van der Waals surface area (Å²) in [7, 11) is 0. The third kappa shape index (κ3) is 1.37. The van der Waals surface area contributed by atoms with Crippen LogP contribution in [0.4, 0.5) is 0 Å². The highest BCUT2D eigenvalue weighted by Gasteiger charge is 1.97. The second kappa shape index (κ2) is 3.15. The first-order valence-corrected chi connectivity index (χ1v) is 4.35. The Bertz CT molecular complexity index is 233. The van der Waals surface area contributed by atoms with Crippen LogP contribution in [0.1, 0.15) is 16.8 Å². The molecule has 1 aromatic rings. The third-order valence-corrected chi connectivity index (χ3v) is 2.32. The highest BCUT2D eigenvalue weighted by molar-refractivity contribution is 9.08. The van der Waals surface area contributed by atoms with Crippen LogP contribution in [-0.4, -0.2) is 4.98 Å². The predicted molar refractivity (Wildman–Crippen MR) is 46.3 cm³/mol. The molecule has 0 amide bonds. The molecule has 0 fully saturated rings. The van der Waals surface area contributed by atoms with Crippen molar-refractivity contribution < 1.29 is 0 Å². The lowest BCUT2D eigenvalue weighted by Crippen LogP contribution is -1.90. The standard InChI is InChI=1S/C8H10BrN/c1-6-7(2)10-4-3-8(6)5-9/h3-4H,5H2,1-2H3. The normalized spacial score (nSPS) is 9.90. The summed E-state index contributed by atoms with van der Waals surface area (Å²) < 4.78 is 0. The zero-order chi connectivity index (χ0) is 7.56. The van der Waals surface area contributed by atoms with E-state index < -0.39 is 0 Å². The molecule has 0 N–H and O–H groups in total. The molecule has 0 saturated carbocycles. The summed E-state index contributed by atoms with van der Waals surface area (Å²) in [6, 6.07) is 2.04. The highest BCUT2D eigenvalue weighted by Crippen LogP contribution is 2.12. The van der Waals surface area contributed by atoms with Crippen LogP contribution in [0.2, 0.25) is 0 Å². The van der Waals surface area contributed by atoms with Gasteiger partial charge in [0.2, 0.25) is 0 Å². The Morgan fingerprint density at radius 2 is 2.20 bits per heavy atom. The van der Waals surface area contributed by atoms with E-state index in [0.29, 0.717) is 0 Å². The van der Waals surface area contributed by atoms with Crippen LogP contribution in [0.3, 0.4) is 0 Å². The molecule has 0 radical (unpaired) electrons. The van der Waals surface area contributed by atoms with E-state index in [1.54, 1.807) is 0 Å². The fraction of sp³-hybridized carbons (Fsp3) is 0.375. The van der Waals surface area contributed by atoms with Gasteiger partial charge in [0.1, 0.15) is 0 Å². The molecule has 1 nitrogen and oxygen atoms in total. The van der Waals surface area contributed by atoms with E-state index >= 15 is 0 Å². The molecule has 0 unspecified atom stereocenters. The maximum Gasteiger partial charge on any atom is 0.0404 e. The van der Waals surface area contributed by atoms with Gasteiger partial charge in [0.15, 0.2) is 0 Å². The van der Waals surface area contributed by atoms with Gasteiger partial charge in [0.25, 0.3) is 0 Å². The van der Waals surface area contributed by atoms with Gasteiger partial charge in [0, 0.05) is 17.2 Å². The number of aromatic nitrogens is 1. The Hall–Kier alpha value is -0.370. The molecule has 54 valence electrons. The fourth-order valence-electron chi connectivity index (χ4n) is 0.838. The van der Waals surface area contributed by atoms with Gasteiger partial charge in [0.05, 0.1) is 0 Å². The van der Waals surface area contributed by atoms with Crippen molar-refractivity contribution in [3.63, 3.8) is 0 Å². The summed E-state index contributed by atoms with van der Waals surface area (Å²) in [4.78, 5) is 4.17. The first-order chi connectivity index (χ1) is 4.75. The van der Waals surface area contributed by atoms with Crippen molar-refractivity contribution in [1.29, 1.82) is 0 Å². The number of halogens is 1. The van der Waals surface area contributed by atoms with Crippen LogP contribution in [0.15, 0.2) is 12.3 Å². The number of alkyl halides is 1. The molecule has 0 saturated heterocycles. The van der Waals surface area contributed by atoms with Crippen molar-refractivity contribution in [3.8, 4) is 0 Å². The molecule has 0 aromatic carbocycles. The molecule has 2 heteroatoms. The Kier molecular flexibility index (Phi) is 2.44. The van der Waals surface area contributed by atoms with E-state index in [9.17, 15) is 0 Å². The van der Waals surface area contributed by atoms with Crippen LogP contribution in [0, 0.1) is 13.8 Å². The molecule has 0 spiro atoms. The van der Waals surface area contributed by atoms with Crippen LogP contribution < -0.4 is 0 Å². The minimum absolute atomic E-state index is 0.919. The van der Waals surface area contributed by atoms with Crippen molar-refractivity contribution >= 4 is 15.9 Å². The van der Waals surface area contributed by atoms with E-state index in [-0.39, 0.29) is 0 Å². The highest BCUT2D eigenvalue weighted by atomic mass is 79.9. The summed E-state index contributed by atoms with van der Waals surface area (Å²) >= 11 is 3.41. The van der Waals surface area contributed by atoms with Gasteiger partial charge >= 0.3 is 0 Å². The molecule has 0 atom stereocenters. The largest absolute Gasteiger partial charge is 0.261 e. The average Bonchev–Trinajstić information content (AvgIpc) is 1.95. The van der Waals surface area contributed by atoms with Gasteiger partial charge in [-0.05, 0) is 31.0 Å². The fourth-order valence-corrected chi connectivity index (χ4v) is 1.45. The second-order valence-corrected chi connectivity index (χ2v) is 2.87. The lowest BCUT2D eigenvalue weighted by atomic mass is 10.1. The summed E-state index contributed by atoms with van der Waals surface area (Å²) in [6.07, 6.45) is 1.85. The first-order valence-electron chi connectivity index (χ1n) is 3.22. The Labute approximate surface area is 69.6 Å². The van der Waals surface area contributed by atoms with E-state index in [2.05, 4.69) is 27.8 Å². The van der Waals surface area contributed by atoms with E-state index in [1.165, 1.54) is 11.1 Å². The molecule has 0 aliphatic heterocycles. The Morgan fingerprint density at radius 1 is 1.50 bits per heavy atom. The topological polar surface area (TPSA) is 12.9 Å². The van der Waals surface area contributed by atoms with Crippen molar-refractivity contribution in [2.75, 3.05) is 0 Å². The number of nitrogens with zero attached hydrogens (tertiary/aromatic N) is 1. The minimum atomic E-state index is 0.919. The Morgan fingerprint density at radius 3 is 2.70 bits per heavy atom. The van der Waals surface area contributed by atoms with Gasteiger partial charge in [-0.25, -0.2) is 0 Å². The molecule has 0 bridgehead atoms. The molecule has 1 heterocycles. The summed E-state index contributed by atoms with van der Waals surface area (Å²) in [5, 5.41) is 0.919. The molecule has 10 heavy (non-hydrogen) atoms. The number of aryl methyl sites for hydroxylation is 1. The number of pyridine rings is 1. The zero-order valence-electron chi connectivity index (χ0n) is 6.19. The van der Waals surface area contributed by atoms with Gasteiger partial charge < -0.3 is 0 Å². The Balaban J connectivity index is 3.14. The SMILES string of the molecule is Cc1nccc(CBr)c1C. The van der Waals surface area contributed by atoms with Gasteiger partial charge in [-0.2, -0.15) is 0 Å². The maximum absolute atomic E-state index is 4.17. The molecular weight excluding hydrogens is 190 g/mol. The summed E-state index contributed by atoms with van der Waals surface area (Å²) in [5.74, 6) is 0. The summed E-state index contributed by atoms with van der Waals surface area (Å²) in [6.45, 7) is 4.13. The lowest BCUT2D eigenvalue weighted by Gasteiger charge is -2.02. The number of hydrogen-bond donors (Lipinski definition) is 0. The van der Waals surface area contributed by atoms with Gasteiger partial charge in [-0.15, -0.1) is 0 Å². The molecular formula is C8H10BrN. The van der Waals surface area contributed by atoms with Crippen molar-refractivity contribution in [3.05, 3.63) is 29.1 Å². The van der Waals surface area contributed by atoms with Crippen LogP contribution >= 0.6 is 15.9 Å². The van der Waals surface area contributed by atoms with E-state index in [4.69, 9.17) is 0 Å². The van der Waals surface area contributed by atoms with Crippen LogP contribution in [0.5, 0.6) is 0 Å². The van der Waals surface area contributed by atoms with Crippen LogP contribution in [0.25, 0.3) is 0 Å². The monoisotopic (exact) mass is 199 g/mol. The molecule has 1 aromatic heterocycles. The molecule has 0 aliphatic rings. The minimum Gasteiger partial charge on any atom is -0.261 e. The van der Waals surface area contributed by atoms with E-state index in [1.807, 2.05) is 19.2 Å². The van der Waals surface area contributed by atoms with E-state index in [0.717, 1.165) is 11.0 Å². The zero-order valence-corrected chi connectivity index (χ0v) is 7.77. The second-order valence-electron chi connectivity index (χ2n) is 2.31. The lowest BCUT2D eigenvalue weighted by molar-refractivity contribution is 1.12. The molecule has 1 rings (SSSR count). The first kappa shape index (κ1) is 7.73. The van der Waals surface area contributed by atoms with Crippen molar-refractivity contribution in [2.45, 2.75) is 19.2 Å².